The average Bonchev–Trinajstić information content (AvgIpc) is 3.64. The summed E-state index contributed by atoms with van der Waals surface area (Å²) < 4.78 is 68.3. The summed E-state index contributed by atoms with van der Waals surface area (Å²) in [5, 5.41) is 10.6. The van der Waals surface area contributed by atoms with E-state index in [0.29, 0.717) is 25.7 Å². The number of aliphatic hydroxyl groups is 1. The first-order chi connectivity index (χ1) is 42.6. The molecule has 0 aromatic heterocycles. The third-order valence-corrected chi connectivity index (χ3v) is 18.3. The fourth-order valence-electron chi connectivity index (χ4n) is 10.5. The molecule has 3 N–H and O–H groups in total. The van der Waals surface area contributed by atoms with E-state index in [1.165, 1.54) is 148 Å². The van der Waals surface area contributed by atoms with Crippen LogP contribution in [0, 0.1) is 23.7 Å². The van der Waals surface area contributed by atoms with Crippen LogP contribution >= 0.6 is 15.6 Å². The summed E-state index contributed by atoms with van der Waals surface area (Å²) in [6, 6.07) is 0. The molecule has 0 aliphatic carbocycles. The molecule has 0 amide bonds. The number of phosphoric ester groups is 2. The Hall–Kier alpha value is -1.94. The Morgan fingerprint density at radius 2 is 0.539 bits per heavy atom. The van der Waals surface area contributed by atoms with Gasteiger partial charge in [-0.3, -0.25) is 37.3 Å². The van der Waals surface area contributed by atoms with Gasteiger partial charge in [-0.2, -0.15) is 0 Å². The number of carbonyl (C=O) groups is 4. The third-order valence-electron chi connectivity index (χ3n) is 16.4. The molecule has 0 bridgehead atoms. The van der Waals surface area contributed by atoms with Crippen LogP contribution in [0.2, 0.25) is 0 Å². The van der Waals surface area contributed by atoms with Crippen molar-refractivity contribution in [1.29, 1.82) is 0 Å². The zero-order valence-corrected chi connectivity index (χ0v) is 59.8. The molecule has 0 spiro atoms. The number of phosphoric acid groups is 2. The molecule has 6 atom stereocenters. The van der Waals surface area contributed by atoms with E-state index in [2.05, 4.69) is 55.4 Å². The van der Waals surface area contributed by atoms with E-state index in [1.54, 1.807) is 0 Å². The smallest absolute Gasteiger partial charge is 0.462 e. The quantitative estimate of drug-likeness (QED) is 0.0222. The lowest BCUT2D eigenvalue weighted by molar-refractivity contribution is -0.161. The van der Waals surface area contributed by atoms with Crippen molar-refractivity contribution in [2.75, 3.05) is 39.6 Å². The number of esters is 4. The largest absolute Gasteiger partial charge is 0.472 e. The lowest BCUT2D eigenvalue weighted by Gasteiger charge is -2.21. The number of unbranched alkanes of at least 4 members (excludes halogenated alkanes) is 32. The van der Waals surface area contributed by atoms with E-state index in [9.17, 15) is 43.2 Å². The summed E-state index contributed by atoms with van der Waals surface area (Å²) >= 11 is 0. The Morgan fingerprint density at radius 1 is 0.315 bits per heavy atom. The van der Waals surface area contributed by atoms with Crippen molar-refractivity contribution in [1.82, 2.24) is 0 Å². The number of carbonyl (C=O) groups excluding carboxylic acids is 4. The topological polar surface area (TPSA) is 237 Å². The average molecular weight is 1310 g/mol. The zero-order valence-electron chi connectivity index (χ0n) is 58.1. The Balaban J connectivity index is 5.27. The molecule has 0 fully saturated rings. The highest BCUT2D eigenvalue weighted by Gasteiger charge is 2.30. The monoisotopic (exact) mass is 1310 g/mol. The number of hydrogen-bond donors (Lipinski definition) is 3. The lowest BCUT2D eigenvalue weighted by atomic mass is 9.99. The van der Waals surface area contributed by atoms with E-state index >= 15 is 0 Å². The molecule has 0 aromatic carbocycles. The van der Waals surface area contributed by atoms with Crippen LogP contribution in [0.25, 0.3) is 0 Å². The molecule has 17 nitrogen and oxygen atoms in total. The van der Waals surface area contributed by atoms with Gasteiger partial charge in [0.05, 0.1) is 26.4 Å². The third kappa shape index (κ3) is 63.2. The minimum absolute atomic E-state index is 0.104. The normalized spacial score (nSPS) is 14.6. The van der Waals surface area contributed by atoms with Crippen molar-refractivity contribution < 1.29 is 80.2 Å². The molecule has 0 rings (SSSR count). The van der Waals surface area contributed by atoms with Gasteiger partial charge >= 0.3 is 39.5 Å². The van der Waals surface area contributed by atoms with Gasteiger partial charge in [-0.25, -0.2) is 9.13 Å². The molecule has 0 saturated heterocycles. The van der Waals surface area contributed by atoms with Gasteiger partial charge in [0.1, 0.15) is 19.3 Å². The molecule has 19 heteroatoms. The van der Waals surface area contributed by atoms with Crippen LogP contribution in [0.15, 0.2) is 0 Å². The summed E-state index contributed by atoms with van der Waals surface area (Å²) in [6.07, 6.45) is 41.6. The maximum Gasteiger partial charge on any atom is 0.472 e. The van der Waals surface area contributed by atoms with Crippen molar-refractivity contribution in [2.45, 2.75) is 363 Å². The van der Waals surface area contributed by atoms with Gasteiger partial charge < -0.3 is 33.8 Å². The molecule has 0 heterocycles. The van der Waals surface area contributed by atoms with Crippen LogP contribution in [0.3, 0.4) is 0 Å². The predicted octanol–water partition coefficient (Wildman–Crippen LogP) is 19.7. The molecule has 0 aliphatic heterocycles. The van der Waals surface area contributed by atoms with Crippen molar-refractivity contribution >= 4 is 39.5 Å². The van der Waals surface area contributed by atoms with Crippen LogP contribution in [0.1, 0.15) is 344 Å². The van der Waals surface area contributed by atoms with Crippen LogP contribution in [-0.2, 0) is 65.4 Å². The van der Waals surface area contributed by atoms with Gasteiger partial charge in [-0.15, -0.1) is 0 Å². The van der Waals surface area contributed by atoms with Gasteiger partial charge in [0.2, 0.25) is 0 Å². The van der Waals surface area contributed by atoms with Gasteiger partial charge in [0, 0.05) is 25.7 Å². The second-order valence-electron chi connectivity index (χ2n) is 26.9. The van der Waals surface area contributed by atoms with Crippen LogP contribution in [0.4, 0.5) is 0 Å². The molecule has 0 radical (unpaired) electrons. The second-order valence-corrected chi connectivity index (χ2v) is 29.8. The van der Waals surface area contributed by atoms with E-state index in [4.69, 9.17) is 37.0 Å². The lowest BCUT2D eigenvalue weighted by Crippen LogP contribution is -2.30. The van der Waals surface area contributed by atoms with E-state index in [0.717, 1.165) is 114 Å². The molecule has 0 saturated carbocycles. The minimum atomic E-state index is -4.95. The standard InChI is InChI=1S/C70H136O17P2/c1-9-63(8)49-41-33-25-19-21-29-37-45-53-70(75)87-66(57-81-68(73)51-43-35-27-20-18-24-32-40-48-62(6)7)59-85-89(78,79)83-55-64(71)54-82-88(76,77)84-58-65(56-80-67(72)50-42-34-26-17-13-15-23-31-39-47-61(4)5)86-69(74)52-44-36-28-16-12-10-11-14-22-30-38-46-60(2)3/h60-66,71H,9-59H2,1-8H3,(H,76,77)(H,78,79)/t63?,64?,65-,66-/m1/s1. The number of rotatable bonds is 67. The van der Waals surface area contributed by atoms with Gasteiger partial charge in [-0.05, 0) is 49.4 Å². The van der Waals surface area contributed by atoms with Crippen molar-refractivity contribution in [3.05, 3.63) is 0 Å². The number of ether oxygens (including phenoxy) is 4. The molecule has 0 aliphatic rings. The van der Waals surface area contributed by atoms with E-state index < -0.39 is 97.5 Å². The first kappa shape index (κ1) is 87.1. The van der Waals surface area contributed by atoms with Crippen molar-refractivity contribution in [2.24, 2.45) is 23.7 Å². The molecule has 0 aromatic rings. The van der Waals surface area contributed by atoms with Gasteiger partial charge in [0.25, 0.3) is 0 Å². The zero-order chi connectivity index (χ0) is 66.1. The molecule has 4 unspecified atom stereocenters. The summed E-state index contributed by atoms with van der Waals surface area (Å²) in [6.45, 7) is 14.1. The highest BCUT2D eigenvalue weighted by molar-refractivity contribution is 7.47. The van der Waals surface area contributed by atoms with Gasteiger partial charge in [-0.1, -0.05) is 293 Å². The highest BCUT2D eigenvalue weighted by atomic mass is 31.2. The summed E-state index contributed by atoms with van der Waals surface area (Å²) in [7, 11) is -9.90. The maximum absolute atomic E-state index is 13.0. The summed E-state index contributed by atoms with van der Waals surface area (Å²) in [5.74, 6) is 0.874. The predicted molar refractivity (Wildman–Crippen MR) is 358 cm³/mol. The number of aliphatic hydroxyl groups excluding tert-OH is 1. The van der Waals surface area contributed by atoms with E-state index in [1.807, 2.05) is 0 Å². The first-order valence-corrected chi connectivity index (χ1v) is 39.2. The van der Waals surface area contributed by atoms with Gasteiger partial charge in [0.15, 0.2) is 12.2 Å². The second kappa shape index (κ2) is 59.8. The fraction of sp³-hybridized carbons (Fsp3) is 0.943. The van der Waals surface area contributed by atoms with Crippen LogP contribution < -0.4 is 0 Å². The Labute approximate surface area is 543 Å². The van der Waals surface area contributed by atoms with Crippen molar-refractivity contribution in [3.63, 3.8) is 0 Å². The highest BCUT2D eigenvalue weighted by Crippen LogP contribution is 2.45. The van der Waals surface area contributed by atoms with Crippen molar-refractivity contribution in [3.8, 4) is 0 Å². The summed E-state index contributed by atoms with van der Waals surface area (Å²) in [5.41, 5.74) is 0. The molecular weight excluding hydrogens is 1170 g/mol. The maximum atomic E-state index is 13.0. The minimum Gasteiger partial charge on any atom is -0.462 e. The molecular formula is C70H136O17P2. The summed E-state index contributed by atoms with van der Waals surface area (Å²) in [4.78, 5) is 72.6. The van der Waals surface area contributed by atoms with E-state index in [-0.39, 0.29) is 25.7 Å². The Kier molecular flexibility index (Phi) is 58.5. The molecule has 89 heavy (non-hydrogen) atoms. The molecule has 528 valence electrons. The first-order valence-electron chi connectivity index (χ1n) is 36.2. The SMILES string of the molecule is CCC(C)CCCCCCCCCCC(=O)O[C@H](COC(=O)CCCCCCCCCCC(C)C)COP(=O)(O)OCC(O)COP(=O)(O)OC[C@@H](COC(=O)CCCCCCCCCCCC(C)C)OC(=O)CCCCCCCCCCCCCC(C)C. The number of hydrogen-bond acceptors (Lipinski definition) is 15. The Morgan fingerprint density at radius 3 is 0.798 bits per heavy atom. The fourth-order valence-corrected chi connectivity index (χ4v) is 12.0. The Bertz CT molecular complexity index is 1770. The van der Waals surface area contributed by atoms with Crippen LogP contribution in [0.5, 0.6) is 0 Å². The van der Waals surface area contributed by atoms with Crippen LogP contribution in [-0.4, -0.2) is 96.7 Å².